The fourth-order valence-electron chi connectivity index (χ4n) is 2.04. The molecule has 1 aliphatic rings. The Morgan fingerprint density at radius 3 is 2.67 bits per heavy atom. The highest BCUT2D eigenvalue weighted by Crippen LogP contribution is 2.31. The number of aliphatic carboxylic acids is 1. The topological polar surface area (TPSA) is 74.7 Å². The molecule has 1 unspecified atom stereocenters. The summed E-state index contributed by atoms with van der Waals surface area (Å²) in [6.07, 6.45) is 0. The van der Waals surface area contributed by atoms with Crippen LogP contribution in [0.15, 0.2) is 22.7 Å². The highest BCUT2D eigenvalue weighted by Gasteiger charge is 2.42. The van der Waals surface area contributed by atoms with Crippen molar-refractivity contribution >= 4 is 33.7 Å². The number of hydrogen-bond acceptors (Lipinski definition) is 3. The molecular formula is C12H10BrNO4. The molecule has 0 saturated carbocycles. The van der Waals surface area contributed by atoms with E-state index in [2.05, 4.69) is 15.9 Å². The van der Waals surface area contributed by atoms with Crippen LogP contribution in [0.25, 0.3) is 0 Å². The number of benzene rings is 1. The smallest absolute Gasteiger partial charge is 0.320 e. The van der Waals surface area contributed by atoms with Crippen LogP contribution in [0.1, 0.15) is 28.8 Å². The van der Waals surface area contributed by atoms with E-state index in [0.29, 0.717) is 4.47 Å². The Morgan fingerprint density at radius 1 is 1.44 bits per heavy atom. The van der Waals surface area contributed by atoms with Crippen LogP contribution in [0.3, 0.4) is 0 Å². The Kier molecular flexibility index (Phi) is 3.21. The number of halogens is 1. The minimum absolute atomic E-state index is 0.164. The summed E-state index contributed by atoms with van der Waals surface area (Å²) >= 11 is 3.21. The minimum atomic E-state index is -1.31. The van der Waals surface area contributed by atoms with E-state index < -0.39 is 23.7 Å². The molecule has 1 aliphatic heterocycles. The Hall–Kier alpha value is -1.69. The first-order valence-corrected chi connectivity index (χ1v) is 6.14. The van der Waals surface area contributed by atoms with Crippen molar-refractivity contribution in [3.63, 3.8) is 0 Å². The van der Waals surface area contributed by atoms with Crippen LogP contribution in [0.2, 0.25) is 0 Å². The first kappa shape index (κ1) is 12.8. The lowest BCUT2D eigenvalue weighted by Gasteiger charge is -2.29. The molecule has 0 aliphatic carbocycles. The summed E-state index contributed by atoms with van der Waals surface area (Å²) in [6.45, 7) is 1.80. The monoisotopic (exact) mass is 311 g/mol. The fourth-order valence-corrected chi connectivity index (χ4v) is 2.42. The number of rotatable bonds is 2. The van der Waals surface area contributed by atoms with Crippen LogP contribution < -0.4 is 0 Å². The number of carboxylic acid groups (broad SMARTS) is 1. The quantitative estimate of drug-likeness (QED) is 0.665. The number of amides is 2. The van der Waals surface area contributed by atoms with Gasteiger partial charge in [-0.25, -0.2) is 0 Å². The third kappa shape index (κ3) is 1.82. The Balaban J connectivity index is 2.67. The number of hydrogen-bond donors (Lipinski definition) is 1. The lowest BCUT2D eigenvalue weighted by atomic mass is 9.88. The SMILES string of the molecule is CCN1C(=O)c2ccc(Br)cc2C(C(=O)O)C1=O. The second-order valence-corrected chi connectivity index (χ2v) is 4.81. The van der Waals surface area contributed by atoms with Crippen molar-refractivity contribution in [2.24, 2.45) is 0 Å². The molecule has 2 rings (SSSR count). The highest BCUT2D eigenvalue weighted by molar-refractivity contribution is 9.10. The second-order valence-electron chi connectivity index (χ2n) is 3.89. The van der Waals surface area contributed by atoms with Gasteiger partial charge in [0, 0.05) is 16.6 Å². The average Bonchev–Trinajstić information content (AvgIpc) is 2.28. The second kappa shape index (κ2) is 4.53. The maximum Gasteiger partial charge on any atom is 0.320 e. The molecule has 0 fully saturated rings. The van der Waals surface area contributed by atoms with E-state index in [9.17, 15) is 19.5 Å². The Morgan fingerprint density at radius 2 is 2.11 bits per heavy atom. The van der Waals surface area contributed by atoms with Crippen LogP contribution in [0.5, 0.6) is 0 Å². The van der Waals surface area contributed by atoms with Gasteiger partial charge < -0.3 is 5.11 Å². The molecule has 0 radical (unpaired) electrons. The van der Waals surface area contributed by atoms with E-state index in [1.807, 2.05) is 0 Å². The lowest BCUT2D eigenvalue weighted by Crippen LogP contribution is -2.46. The summed E-state index contributed by atoms with van der Waals surface area (Å²) in [7, 11) is 0. The number of likely N-dealkylation sites (N-methyl/N-ethyl adjacent to an activating group) is 1. The van der Waals surface area contributed by atoms with Crippen LogP contribution in [0.4, 0.5) is 0 Å². The van der Waals surface area contributed by atoms with Crippen molar-refractivity contribution in [1.29, 1.82) is 0 Å². The molecule has 1 N–H and O–H groups in total. The zero-order chi connectivity index (χ0) is 13.4. The van der Waals surface area contributed by atoms with E-state index >= 15 is 0 Å². The van der Waals surface area contributed by atoms with Crippen molar-refractivity contribution in [3.8, 4) is 0 Å². The van der Waals surface area contributed by atoms with Gasteiger partial charge >= 0.3 is 5.97 Å². The van der Waals surface area contributed by atoms with Crippen LogP contribution in [-0.2, 0) is 9.59 Å². The van der Waals surface area contributed by atoms with Gasteiger partial charge in [0.15, 0.2) is 5.92 Å². The maximum atomic E-state index is 12.0. The van der Waals surface area contributed by atoms with Gasteiger partial charge in [-0.2, -0.15) is 0 Å². The van der Waals surface area contributed by atoms with E-state index in [-0.39, 0.29) is 17.7 Å². The average molecular weight is 312 g/mol. The molecule has 1 heterocycles. The van der Waals surface area contributed by atoms with Gasteiger partial charge in [-0.3, -0.25) is 19.3 Å². The van der Waals surface area contributed by atoms with E-state index in [0.717, 1.165) is 4.90 Å². The number of carbonyl (C=O) groups excluding carboxylic acids is 2. The van der Waals surface area contributed by atoms with Gasteiger partial charge in [-0.1, -0.05) is 15.9 Å². The van der Waals surface area contributed by atoms with Gasteiger partial charge in [0.1, 0.15) is 0 Å². The number of imide groups is 1. The molecule has 2 amide bonds. The molecule has 0 saturated heterocycles. The van der Waals surface area contributed by atoms with E-state index in [4.69, 9.17) is 0 Å². The van der Waals surface area contributed by atoms with Crippen LogP contribution in [0, 0.1) is 0 Å². The predicted octanol–water partition coefficient (Wildman–Crippen LogP) is 1.62. The van der Waals surface area contributed by atoms with Crippen molar-refractivity contribution in [3.05, 3.63) is 33.8 Å². The van der Waals surface area contributed by atoms with Crippen LogP contribution in [-0.4, -0.2) is 34.3 Å². The van der Waals surface area contributed by atoms with Gasteiger partial charge in [0.25, 0.3) is 5.91 Å². The molecule has 6 heteroatoms. The third-order valence-corrected chi connectivity index (χ3v) is 3.37. The Labute approximate surface area is 112 Å². The lowest BCUT2D eigenvalue weighted by molar-refractivity contribution is -0.146. The highest BCUT2D eigenvalue weighted by atomic mass is 79.9. The minimum Gasteiger partial charge on any atom is -0.480 e. The number of nitrogens with zero attached hydrogens (tertiary/aromatic N) is 1. The molecule has 1 aromatic carbocycles. The summed E-state index contributed by atoms with van der Waals surface area (Å²) in [6, 6.07) is 4.70. The van der Waals surface area contributed by atoms with E-state index in [1.54, 1.807) is 13.0 Å². The summed E-state index contributed by atoms with van der Waals surface area (Å²) < 4.78 is 0.637. The molecule has 0 bridgehead atoms. The Bertz CT molecular complexity index is 555. The third-order valence-electron chi connectivity index (χ3n) is 2.88. The van der Waals surface area contributed by atoms with Crippen LogP contribution >= 0.6 is 15.9 Å². The summed E-state index contributed by atoms with van der Waals surface area (Å²) in [5.41, 5.74) is 0.517. The largest absolute Gasteiger partial charge is 0.480 e. The van der Waals surface area contributed by atoms with E-state index in [1.165, 1.54) is 12.1 Å². The molecule has 1 atom stereocenters. The van der Waals surface area contributed by atoms with Crippen molar-refractivity contribution < 1.29 is 19.5 Å². The molecule has 18 heavy (non-hydrogen) atoms. The number of fused-ring (bicyclic) bond motifs is 1. The van der Waals surface area contributed by atoms with Crippen molar-refractivity contribution in [1.82, 2.24) is 4.90 Å². The van der Waals surface area contributed by atoms with Crippen molar-refractivity contribution in [2.75, 3.05) is 6.54 Å². The van der Waals surface area contributed by atoms with Gasteiger partial charge in [0.05, 0.1) is 0 Å². The number of carboxylic acids is 1. The molecule has 94 valence electrons. The van der Waals surface area contributed by atoms with Gasteiger partial charge in [-0.05, 0) is 30.7 Å². The molecule has 5 nitrogen and oxygen atoms in total. The standard InChI is InChI=1S/C12H10BrNO4/c1-2-14-10(15)7-4-3-6(13)5-8(7)9(11(14)16)12(17)18/h3-5,9H,2H2,1H3,(H,17,18). The zero-order valence-electron chi connectivity index (χ0n) is 9.51. The summed E-state index contributed by atoms with van der Waals surface area (Å²) in [5.74, 6) is -3.68. The zero-order valence-corrected chi connectivity index (χ0v) is 11.1. The van der Waals surface area contributed by atoms with Crippen molar-refractivity contribution in [2.45, 2.75) is 12.8 Å². The predicted molar refractivity (Wildman–Crippen MR) is 66.2 cm³/mol. The summed E-state index contributed by atoms with van der Waals surface area (Å²) in [5, 5.41) is 9.17. The first-order chi connectivity index (χ1) is 8.47. The molecular weight excluding hydrogens is 302 g/mol. The van der Waals surface area contributed by atoms with Gasteiger partial charge in [0.2, 0.25) is 5.91 Å². The normalized spacial score (nSPS) is 18.8. The fraction of sp³-hybridized carbons (Fsp3) is 0.250. The molecule has 0 spiro atoms. The molecule has 0 aromatic heterocycles. The molecule has 1 aromatic rings. The first-order valence-electron chi connectivity index (χ1n) is 5.35. The summed E-state index contributed by atoms with van der Waals surface area (Å²) in [4.78, 5) is 36.2. The number of carbonyl (C=O) groups is 3. The van der Waals surface area contributed by atoms with Gasteiger partial charge in [-0.15, -0.1) is 0 Å². The maximum absolute atomic E-state index is 12.0.